The lowest BCUT2D eigenvalue weighted by molar-refractivity contribution is -0.136. The van der Waals surface area contributed by atoms with Crippen molar-refractivity contribution in [3.8, 4) is 0 Å². The molecule has 1 heterocycles. The molecule has 88 valence electrons. The van der Waals surface area contributed by atoms with E-state index in [9.17, 15) is 4.79 Å². The van der Waals surface area contributed by atoms with Crippen molar-refractivity contribution in [1.29, 1.82) is 0 Å². The molecule has 0 unspecified atom stereocenters. The first-order valence-corrected chi connectivity index (χ1v) is 5.88. The van der Waals surface area contributed by atoms with Crippen LogP contribution < -0.4 is 4.90 Å². The van der Waals surface area contributed by atoms with Crippen molar-refractivity contribution in [1.82, 2.24) is 4.98 Å². The van der Waals surface area contributed by atoms with Crippen LogP contribution in [0.1, 0.15) is 17.0 Å². The fourth-order valence-electron chi connectivity index (χ4n) is 1.24. The van der Waals surface area contributed by atoms with Gasteiger partial charge in [-0.25, -0.2) is 4.98 Å². The van der Waals surface area contributed by atoms with Crippen LogP contribution in [0.25, 0.3) is 0 Å². The van der Waals surface area contributed by atoms with Crippen molar-refractivity contribution < 1.29 is 9.90 Å². The van der Waals surface area contributed by atoms with Gasteiger partial charge in [0.15, 0.2) is 5.13 Å². The van der Waals surface area contributed by atoms with Gasteiger partial charge in [-0.3, -0.25) is 4.79 Å². The van der Waals surface area contributed by atoms with Gasteiger partial charge < -0.3 is 10.0 Å². The predicted molar refractivity (Wildman–Crippen MR) is 66.3 cm³/mol. The minimum absolute atomic E-state index is 0.117. The van der Waals surface area contributed by atoms with E-state index in [1.54, 1.807) is 17.4 Å². The van der Waals surface area contributed by atoms with E-state index in [4.69, 9.17) is 5.11 Å². The molecule has 0 bridgehead atoms. The molecule has 1 N–H and O–H groups in total. The molecule has 0 saturated carbocycles. The molecule has 5 heteroatoms. The second-order valence-electron chi connectivity index (χ2n) is 3.52. The van der Waals surface area contributed by atoms with Crippen molar-refractivity contribution in [2.24, 2.45) is 0 Å². The first-order chi connectivity index (χ1) is 7.54. The zero-order valence-electron chi connectivity index (χ0n) is 9.56. The Morgan fingerprint density at radius 2 is 2.31 bits per heavy atom. The second-order valence-corrected chi connectivity index (χ2v) is 4.70. The molecule has 1 aromatic heterocycles. The van der Waals surface area contributed by atoms with Gasteiger partial charge in [-0.05, 0) is 13.8 Å². The normalized spacial score (nSPS) is 10.1. The maximum atomic E-state index is 10.5. The first-order valence-electron chi connectivity index (χ1n) is 5.06. The lowest BCUT2D eigenvalue weighted by Gasteiger charge is -2.18. The van der Waals surface area contributed by atoms with Crippen LogP contribution in [0.3, 0.4) is 0 Å². The standard InChI is InChI=1S/C11H16N2O2S/c1-4-6-13(7-5-10(14)15)11-12-8(2)9(3)16-11/h4H,1,5-7H2,2-3H3,(H,14,15). The molecular weight excluding hydrogens is 224 g/mol. The van der Waals surface area contributed by atoms with Crippen molar-refractivity contribution in [3.05, 3.63) is 23.2 Å². The average molecular weight is 240 g/mol. The van der Waals surface area contributed by atoms with Crippen LogP contribution in [0.4, 0.5) is 5.13 Å². The lowest BCUT2D eigenvalue weighted by Crippen LogP contribution is -2.26. The molecule has 0 radical (unpaired) electrons. The van der Waals surface area contributed by atoms with E-state index in [1.807, 2.05) is 18.7 Å². The monoisotopic (exact) mass is 240 g/mol. The van der Waals surface area contributed by atoms with E-state index >= 15 is 0 Å². The summed E-state index contributed by atoms with van der Waals surface area (Å²) in [7, 11) is 0. The Hall–Kier alpha value is -1.36. The summed E-state index contributed by atoms with van der Waals surface area (Å²) in [6.45, 7) is 8.73. The third-order valence-corrected chi connectivity index (χ3v) is 3.37. The van der Waals surface area contributed by atoms with E-state index in [1.165, 1.54) is 4.88 Å². The minimum Gasteiger partial charge on any atom is -0.481 e. The number of anilines is 1. The molecule has 4 nitrogen and oxygen atoms in total. The molecule has 0 spiro atoms. The zero-order valence-corrected chi connectivity index (χ0v) is 10.4. The number of carboxylic acids is 1. The van der Waals surface area contributed by atoms with Crippen molar-refractivity contribution >= 4 is 22.4 Å². The highest BCUT2D eigenvalue weighted by Gasteiger charge is 2.12. The van der Waals surface area contributed by atoms with Gasteiger partial charge in [0.05, 0.1) is 12.1 Å². The Morgan fingerprint density at radius 3 is 2.75 bits per heavy atom. The Bertz CT molecular complexity index is 368. The summed E-state index contributed by atoms with van der Waals surface area (Å²) in [5, 5.41) is 9.54. The average Bonchev–Trinajstić information content (AvgIpc) is 2.53. The van der Waals surface area contributed by atoms with Gasteiger partial charge in [0.25, 0.3) is 0 Å². The lowest BCUT2D eigenvalue weighted by atomic mass is 10.4. The summed E-state index contributed by atoms with van der Waals surface area (Å²) >= 11 is 1.59. The van der Waals surface area contributed by atoms with Gasteiger partial charge in [-0.1, -0.05) is 6.08 Å². The number of thiazole rings is 1. The van der Waals surface area contributed by atoms with Crippen LogP contribution in [-0.2, 0) is 4.79 Å². The summed E-state index contributed by atoms with van der Waals surface area (Å²) < 4.78 is 0. The zero-order chi connectivity index (χ0) is 12.1. The number of aliphatic carboxylic acids is 1. The van der Waals surface area contributed by atoms with Gasteiger partial charge >= 0.3 is 5.97 Å². The van der Waals surface area contributed by atoms with Gasteiger partial charge in [0, 0.05) is 18.0 Å². The van der Waals surface area contributed by atoms with Gasteiger partial charge in [-0.15, -0.1) is 17.9 Å². The largest absolute Gasteiger partial charge is 0.481 e. The topological polar surface area (TPSA) is 53.4 Å². The summed E-state index contributed by atoms with van der Waals surface area (Å²) in [5.74, 6) is -0.793. The van der Waals surface area contributed by atoms with Crippen molar-refractivity contribution in [2.45, 2.75) is 20.3 Å². The Morgan fingerprint density at radius 1 is 1.62 bits per heavy atom. The third-order valence-electron chi connectivity index (χ3n) is 2.23. The second kappa shape index (κ2) is 5.65. The third kappa shape index (κ3) is 3.34. The Balaban J connectivity index is 2.76. The molecule has 0 aliphatic rings. The number of rotatable bonds is 6. The van der Waals surface area contributed by atoms with Crippen LogP contribution in [0, 0.1) is 13.8 Å². The highest BCUT2D eigenvalue weighted by atomic mass is 32.1. The predicted octanol–water partition coefficient (Wildman–Crippen LogP) is 2.23. The van der Waals surface area contributed by atoms with Crippen molar-refractivity contribution in [3.63, 3.8) is 0 Å². The summed E-state index contributed by atoms with van der Waals surface area (Å²) in [5.41, 5.74) is 1.00. The van der Waals surface area contributed by atoms with Crippen LogP contribution >= 0.6 is 11.3 Å². The molecule has 0 fully saturated rings. The number of aromatic nitrogens is 1. The number of hydrogen-bond donors (Lipinski definition) is 1. The molecule has 0 aromatic carbocycles. The highest BCUT2D eigenvalue weighted by Crippen LogP contribution is 2.25. The molecule has 0 aliphatic heterocycles. The summed E-state index contributed by atoms with van der Waals surface area (Å²) in [4.78, 5) is 18.1. The smallest absolute Gasteiger partial charge is 0.305 e. The summed E-state index contributed by atoms with van der Waals surface area (Å²) in [6, 6.07) is 0. The summed E-state index contributed by atoms with van der Waals surface area (Å²) in [6.07, 6.45) is 1.87. The quantitative estimate of drug-likeness (QED) is 0.775. The Kier molecular flexibility index (Phi) is 4.49. The molecule has 0 atom stereocenters. The number of carboxylic acid groups (broad SMARTS) is 1. The van der Waals surface area contributed by atoms with Crippen LogP contribution in [0.2, 0.25) is 0 Å². The van der Waals surface area contributed by atoms with Gasteiger partial charge in [0.2, 0.25) is 0 Å². The molecule has 0 amide bonds. The van der Waals surface area contributed by atoms with Crippen molar-refractivity contribution in [2.75, 3.05) is 18.0 Å². The molecule has 1 rings (SSSR count). The molecule has 0 saturated heterocycles. The highest BCUT2D eigenvalue weighted by molar-refractivity contribution is 7.15. The number of carbonyl (C=O) groups is 1. The SMILES string of the molecule is C=CCN(CCC(=O)O)c1nc(C)c(C)s1. The fourth-order valence-corrected chi connectivity index (χ4v) is 2.19. The fraction of sp³-hybridized carbons (Fsp3) is 0.455. The number of hydrogen-bond acceptors (Lipinski definition) is 4. The maximum absolute atomic E-state index is 10.5. The Labute approximate surface area is 99.2 Å². The van der Waals surface area contributed by atoms with Gasteiger partial charge in [-0.2, -0.15) is 0 Å². The van der Waals surface area contributed by atoms with E-state index < -0.39 is 5.97 Å². The van der Waals surface area contributed by atoms with Crippen LogP contribution in [0.5, 0.6) is 0 Å². The van der Waals surface area contributed by atoms with Crippen LogP contribution in [0.15, 0.2) is 12.7 Å². The van der Waals surface area contributed by atoms with Crippen LogP contribution in [-0.4, -0.2) is 29.1 Å². The molecule has 1 aromatic rings. The van der Waals surface area contributed by atoms with E-state index in [2.05, 4.69) is 11.6 Å². The van der Waals surface area contributed by atoms with E-state index in [0.29, 0.717) is 13.1 Å². The number of nitrogens with zero attached hydrogens (tertiary/aromatic N) is 2. The molecule has 16 heavy (non-hydrogen) atoms. The van der Waals surface area contributed by atoms with Gasteiger partial charge in [0.1, 0.15) is 0 Å². The first kappa shape index (κ1) is 12.7. The molecular formula is C11H16N2O2S. The minimum atomic E-state index is -0.793. The van der Waals surface area contributed by atoms with E-state index in [0.717, 1.165) is 10.8 Å². The van der Waals surface area contributed by atoms with E-state index in [-0.39, 0.29) is 6.42 Å². The maximum Gasteiger partial charge on any atom is 0.305 e. The molecule has 0 aliphatic carbocycles. The number of aryl methyl sites for hydroxylation is 2.